The molecule has 0 aliphatic rings. The normalized spacial score (nSPS) is 10.6. The topological polar surface area (TPSA) is 67.5 Å². The van der Waals surface area contributed by atoms with Gasteiger partial charge in [0.1, 0.15) is 0 Å². The van der Waals surface area contributed by atoms with Gasteiger partial charge < -0.3 is 0 Å². The second-order valence-corrected chi connectivity index (χ2v) is 4.16. The van der Waals surface area contributed by atoms with Crippen LogP contribution in [0.5, 0.6) is 0 Å². The van der Waals surface area contributed by atoms with Crippen LogP contribution in [0.2, 0.25) is 5.02 Å². The summed E-state index contributed by atoms with van der Waals surface area (Å²) < 4.78 is 0. The summed E-state index contributed by atoms with van der Waals surface area (Å²) in [5.74, 6) is 0. The number of nitro benzene ring substituents is 1. The van der Waals surface area contributed by atoms with Gasteiger partial charge in [0.05, 0.1) is 16.8 Å². The van der Waals surface area contributed by atoms with Crippen LogP contribution in [-0.4, -0.2) is 11.1 Å². The molecule has 0 saturated heterocycles. The van der Waals surface area contributed by atoms with Gasteiger partial charge in [-0.25, -0.2) is 0 Å². The molecule has 0 aliphatic heterocycles. The summed E-state index contributed by atoms with van der Waals surface area (Å²) in [6.45, 7) is 0. The Morgan fingerprint density at radius 3 is 2.32 bits per heavy atom. The Morgan fingerprint density at radius 2 is 1.74 bits per heavy atom. The van der Waals surface area contributed by atoms with Crippen molar-refractivity contribution >= 4 is 29.2 Å². The number of rotatable bonds is 4. The van der Waals surface area contributed by atoms with Crippen LogP contribution in [0, 0.1) is 10.1 Å². The van der Waals surface area contributed by atoms with E-state index < -0.39 is 4.92 Å². The lowest BCUT2D eigenvalue weighted by Crippen LogP contribution is -1.92. The number of nitrogens with zero attached hydrogens (tertiary/aromatic N) is 2. The number of halogens is 1. The van der Waals surface area contributed by atoms with E-state index in [1.807, 2.05) is 12.1 Å². The van der Waals surface area contributed by atoms with Crippen LogP contribution in [0.25, 0.3) is 0 Å². The zero-order chi connectivity index (χ0) is 13.7. The number of hydrogen-bond donors (Lipinski definition) is 1. The van der Waals surface area contributed by atoms with E-state index in [0.29, 0.717) is 10.7 Å². The van der Waals surface area contributed by atoms with E-state index in [2.05, 4.69) is 10.5 Å². The van der Waals surface area contributed by atoms with Crippen LogP contribution in [-0.2, 0) is 0 Å². The fourth-order valence-corrected chi connectivity index (χ4v) is 1.51. The fourth-order valence-electron chi connectivity index (χ4n) is 1.39. The number of anilines is 1. The molecule has 2 aromatic rings. The van der Waals surface area contributed by atoms with Gasteiger partial charge >= 0.3 is 0 Å². The summed E-state index contributed by atoms with van der Waals surface area (Å²) in [5, 5.41) is 15.2. The second-order valence-electron chi connectivity index (χ2n) is 3.73. The van der Waals surface area contributed by atoms with Crippen molar-refractivity contribution in [2.45, 2.75) is 0 Å². The van der Waals surface area contributed by atoms with Crippen LogP contribution < -0.4 is 5.43 Å². The summed E-state index contributed by atoms with van der Waals surface area (Å²) in [6, 6.07) is 13.2. The maximum absolute atomic E-state index is 10.5. The van der Waals surface area contributed by atoms with Crippen LogP contribution in [0.3, 0.4) is 0 Å². The van der Waals surface area contributed by atoms with Crippen LogP contribution in [0.15, 0.2) is 53.6 Å². The van der Waals surface area contributed by atoms with Crippen LogP contribution >= 0.6 is 11.6 Å². The first kappa shape index (κ1) is 13.0. The molecule has 0 amide bonds. The maximum atomic E-state index is 10.5. The maximum Gasteiger partial charge on any atom is 0.269 e. The third-order valence-corrected chi connectivity index (χ3v) is 2.61. The number of benzene rings is 2. The van der Waals surface area contributed by atoms with Crippen molar-refractivity contribution in [1.29, 1.82) is 0 Å². The molecule has 6 heteroatoms. The first-order valence-corrected chi connectivity index (χ1v) is 5.82. The largest absolute Gasteiger partial charge is 0.278 e. The highest BCUT2D eigenvalue weighted by Gasteiger charge is 2.02. The number of nitro groups is 1. The van der Waals surface area contributed by atoms with Gasteiger partial charge in [-0.2, -0.15) is 5.10 Å². The number of hydrazone groups is 1. The first-order chi connectivity index (χ1) is 9.15. The summed E-state index contributed by atoms with van der Waals surface area (Å²) >= 11 is 5.77. The first-order valence-electron chi connectivity index (χ1n) is 5.44. The Labute approximate surface area is 114 Å². The lowest BCUT2D eigenvalue weighted by molar-refractivity contribution is -0.384. The lowest BCUT2D eigenvalue weighted by Gasteiger charge is -1.99. The fraction of sp³-hybridized carbons (Fsp3) is 0. The van der Waals surface area contributed by atoms with Crippen molar-refractivity contribution in [2.24, 2.45) is 5.10 Å². The van der Waals surface area contributed by atoms with Crippen molar-refractivity contribution in [3.8, 4) is 0 Å². The number of non-ortho nitro benzene ring substituents is 1. The molecule has 2 aromatic carbocycles. The molecular formula is C13H10ClN3O2. The molecule has 2 rings (SSSR count). The van der Waals surface area contributed by atoms with Gasteiger partial charge in [-0.1, -0.05) is 23.7 Å². The Balaban J connectivity index is 1.98. The third kappa shape index (κ3) is 3.79. The van der Waals surface area contributed by atoms with Gasteiger partial charge in [-0.05, 0) is 29.8 Å². The van der Waals surface area contributed by atoms with Crippen LogP contribution in [0.4, 0.5) is 11.4 Å². The van der Waals surface area contributed by atoms with E-state index in [9.17, 15) is 10.1 Å². The Bertz CT molecular complexity index is 594. The highest BCUT2D eigenvalue weighted by atomic mass is 35.5. The molecule has 0 atom stereocenters. The van der Waals surface area contributed by atoms with Crippen LogP contribution in [0.1, 0.15) is 5.56 Å². The molecule has 0 aliphatic carbocycles. The summed E-state index contributed by atoms with van der Waals surface area (Å²) in [6.07, 6.45) is 1.64. The molecule has 0 saturated carbocycles. The molecule has 0 heterocycles. The summed E-state index contributed by atoms with van der Waals surface area (Å²) in [4.78, 5) is 10.0. The predicted molar refractivity (Wildman–Crippen MR) is 75.8 cm³/mol. The van der Waals surface area contributed by atoms with E-state index in [0.717, 1.165) is 5.56 Å². The van der Waals surface area contributed by atoms with Crippen molar-refractivity contribution in [3.05, 3.63) is 69.2 Å². The van der Waals surface area contributed by atoms with Crippen molar-refractivity contribution in [2.75, 3.05) is 5.43 Å². The Kier molecular flexibility index (Phi) is 4.10. The second kappa shape index (κ2) is 5.97. The highest BCUT2D eigenvalue weighted by Crippen LogP contribution is 2.15. The minimum absolute atomic E-state index is 0.0484. The van der Waals surface area contributed by atoms with E-state index in [-0.39, 0.29) is 5.69 Å². The van der Waals surface area contributed by atoms with Gasteiger partial charge in [-0.15, -0.1) is 0 Å². The van der Waals surface area contributed by atoms with E-state index >= 15 is 0 Å². The average molecular weight is 276 g/mol. The third-order valence-electron chi connectivity index (χ3n) is 2.36. The molecule has 0 fully saturated rings. The minimum Gasteiger partial charge on any atom is -0.278 e. The zero-order valence-electron chi connectivity index (χ0n) is 9.79. The van der Waals surface area contributed by atoms with Gasteiger partial charge in [0.25, 0.3) is 5.69 Å². The van der Waals surface area contributed by atoms with E-state index in [4.69, 9.17) is 11.6 Å². The Hall–Kier alpha value is -2.40. The standard InChI is InChI=1S/C13H10ClN3O2/c14-11-3-1-10(2-4-11)9-15-16-12-5-7-13(8-6-12)17(18)19/h1-9,16H/b15-9-. The molecule has 0 radical (unpaired) electrons. The minimum atomic E-state index is -0.444. The summed E-state index contributed by atoms with van der Waals surface area (Å²) in [5.41, 5.74) is 4.41. The van der Waals surface area contributed by atoms with E-state index in [1.54, 1.807) is 30.5 Å². The quantitative estimate of drug-likeness (QED) is 0.525. The predicted octanol–water partition coefficient (Wildman–Crippen LogP) is 3.69. The molecule has 96 valence electrons. The molecule has 5 nitrogen and oxygen atoms in total. The van der Waals surface area contributed by atoms with Crippen molar-refractivity contribution < 1.29 is 4.92 Å². The Morgan fingerprint density at radius 1 is 1.11 bits per heavy atom. The zero-order valence-corrected chi connectivity index (χ0v) is 10.5. The number of hydrogen-bond acceptors (Lipinski definition) is 4. The van der Waals surface area contributed by atoms with Gasteiger partial charge in [0.2, 0.25) is 0 Å². The molecule has 0 aromatic heterocycles. The van der Waals surface area contributed by atoms with Gasteiger partial charge in [0.15, 0.2) is 0 Å². The molecule has 19 heavy (non-hydrogen) atoms. The molecule has 1 N–H and O–H groups in total. The molecule has 0 spiro atoms. The smallest absolute Gasteiger partial charge is 0.269 e. The molecule has 0 unspecified atom stereocenters. The summed E-state index contributed by atoms with van der Waals surface area (Å²) in [7, 11) is 0. The van der Waals surface area contributed by atoms with Gasteiger partial charge in [-0.3, -0.25) is 15.5 Å². The van der Waals surface area contributed by atoms with Gasteiger partial charge in [0, 0.05) is 17.2 Å². The molecular weight excluding hydrogens is 266 g/mol. The van der Waals surface area contributed by atoms with E-state index in [1.165, 1.54) is 12.1 Å². The average Bonchev–Trinajstić information content (AvgIpc) is 2.41. The molecule has 0 bridgehead atoms. The van der Waals surface area contributed by atoms with Crippen molar-refractivity contribution in [1.82, 2.24) is 0 Å². The monoisotopic (exact) mass is 275 g/mol. The lowest BCUT2D eigenvalue weighted by atomic mass is 10.2. The highest BCUT2D eigenvalue weighted by molar-refractivity contribution is 6.30. The number of nitrogens with one attached hydrogen (secondary N) is 1. The van der Waals surface area contributed by atoms with Crippen molar-refractivity contribution in [3.63, 3.8) is 0 Å². The SMILES string of the molecule is O=[N+]([O-])c1ccc(N/N=C\c2ccc(Cl)cc2)cc1.